The second-order valence-electron chi connectivity index (χ2n) is 7.59. The highest BCUT2D eigenvalue weighted by Gasteiger charge is 2.28. The molecule has 0 aliphatic heterocycles. The summed E-state index contributed by atoms with van der Waals surface area (Å²) in [5.74, 6) is -0.717. The minimum Gasteiger partial charge on any atom is -0.385 e. The third kappa shape index (κ3) is 7.35. The highest BCUT2D eigenvalue weighted by atomic mass is 35.5. The maximum Gasteiger partial charge on any atom is 0.243 e. The molecule has 0 radical (unpaired) electrons. The fraction of sp³-hybridized carbons (Fsp3) is 0.292. The van der Waals surface area contributed by atoms with Gasteiger partial charge in [-0.2, -0.15) is 4.31 Å². The van der Waals surface area contributed by atoms with Crippen LogP contribution in [0.5, 0.6) is 0 Å². The zero-order valence-corrected chi connectivity index (χ0v) is 21.1. The molecule has 0 fully saturated rings. The van der Waals surface area contributed by atoms with Crippen LogP contribution in [0.1, 0.15) is 16.9 Å². The Morgan fingerprint density at radius 3 is 2.38 bits per heavy atom. The Kier molecular flexibility index (Phi) is 9.61. The number of carbonyl (C=O) groups is 1. The number of benzene rings is 2. The maximum atomic E-state index is 13.4. The Morgan fingerprint density at radius 1 is 1.06 bits per heavy atom. The van der Waals surface area contributed by atoms with Gasteiger partial charge in [-0.05, 0) is 59.8 Å². The van der Waals surface area contributed by atoms with Gasteiger partial charge in [0.2, 0.25) is 15.9 Å². The number of methoxy groups -OCH3 is 1. The number of carbonyl (C=O) groups excluding carboxylic acids is 1. The van der Waals surface area contributed by atoms with E-state index < -0.39 is 10.0 Å². The van der Waals surface area contributed by atoms with Crippen LogP contribution in [0.3, 0.4) is 0 Å². The highest BCUT2D eigenvalue weighted by molar-refractivity contribution is 7.89. The van der Waals surface area contributed by atoms with E-state index in [2.05, 4.69) is 0 Å². The summed E-state index contributed by atoms with van der Waals surface area (Å²) in [6.07, 6.45) is 0.430. The van der Waals surface area contributed by atoms with Crippen molar-refractivity contribution in [1.29, 1.82) is 0 Å². The van der Waals surface area contributed by atoms with Crippen molar-refractivity contribution in [3.63, 3.8) is 0 Å². The van der Waals surface area contributed by atoms with E-state index in [-0.39, 0.29) is 36.3 Å². The Bertz CT molecular complexity index is 1150. The first kappa shape index (κ1) is 26.3. The second kappa shape index (κ2) is 12.4. The molecule has 1 amide bonds. The van der Waals surface area contributed by atoms with E-state index in [4.69, 9.17) is 16.3 Å². The number of sulfonamides is 1. The molecule has 3 rings (SSSR count). The van der Waals surface area contributed by atoms with Crippen LogP contribution >= 0.6 is 22.9 Å². The van der Waals surface area contributed by atoms with Crippen molar-refractivity contribution in [1.82, 2.24) is 9.21 Å². The first-order chi connectivity index (χ1) is 16.3. The minimum atomic E-state index is -3.94. The molecule has 182 valence electrons. The lowest BCUT2D eigenvalue weighted by Gasteiger charge is -2.27. The first-order valence-electron chi connectivity index (χ1n) is 10.6. The molecule has 0 unspecified atom stereocenters. The summed E-state index contributed by atoms with van der Waals surface area (Å²) in [5.41, 5.74) is 0.748. The van der Waals surface area contributed by atoms with Crippen LogP contribution in [-0.4, -0.2) is 50.3 Å². The second-order valence-corrected chi connectivity index (χ2v) is 11.0. The van der Waals surface area contributed by atoms with Crippen LogP contribution in [0.25, 0.3) is 0 Å². The monoisotopic (exact) mass is 524 g/mol. The van der Waals surface area contributed by atoms with Gasteiger partial charge in [-0.25, -0.2) is 12.8 Å². The normalized spacial score (nSPS) is 11.6. The molecule has 0 aliphatic carbocycles. The molecule has 1 aromatic heterocycles. The van der Waals surface area contributed by atoms with Crippen molar-refractivity contribution in [3.8, 4) is 0 Å². The lowest BCUT2D eigenvalue weighted by molar-refractivity contribution is -0.132. The van der Waals surface area contributed by atoms with Crippen LogP contribution < -0.4 is 0 Å². The van der Waals surface area contributed by atoms with Crippen LogP contribution in [0.15, 0.2) is 70.9 Å². The summed E-state index contributed by atoms with van der Waals surface area (Å²) in [7, 11) is -2.41. The van der Waals surface area contributed by atoms with Crippen molar-refractivity contribution < 1.29 is 22.3 Å². The Balaban J connectivity index is 1.84. The molecule has 0 bridgehead atoms. The molecule has 0 N–H and O–H groups in total. The number of halogens is 2. The Hall–Kier alpha value is -2.30. The van der Waals surface area contributed by atoms with Gasteiger partial charge < -0.3 is 9.64 Å². The average Bonchev–Trinajstić information content (AvgIpc) is 3.33. The van der Waals surface area contributed by atoms with Crippen LogP contribution in [0, 0.1) is 5.82 Å². The number of rotatable bonds is 12. The molecule has 0 atom stereocenters. The highest BCUT2D eigenvalue weighted by Crippen LogP contribution is 2.21. The van der Waals surface area contributed by atoms with E-state index in [1.165, 1.54) is 59.2 Å². The van der Waals surface area contributed by atoms with Crippen LogP contribution in [0.4, 0.5) is 4.39 Å². The fourth-order valence-corrected chi connectivity index (χ4v) is 5.58. The zero-order chi connectivity index (χ0) is 24.6. The van der Waals surface area contributed by atoms with Crippen molar-refractivity contribution in [2.24, 2.45) is 0 Å². The van der Waals surface area contributed by atoms with Crippen molar-refractivity contribution in [2.45, 2.75) is 24.4 Å². The Labute approximate surface area is 208 Å². The molecule has 3 aromatic rings. The molecule has 0 spiro atoms. The van der Waals surface area contributed by atoms with Crippen molar-refractivity contribution in [2.75, 3.05) is 26.8 Å². The summed E-state index contributed by atoms with van der Waals surface area (Å²) < 4.78 is 46.3. The van der Waals surface area contributed by atoms with Crippen LogP contribution in [0.2, 0.25) is 5.02 Å². The number of thiophene rings is 1. The first-order valence-corrected chi connectivity index (χ1v) is 13.3. The van der Waals surface area contributed by atoms with Crippen molar-refractivity contribution >= 4 is 38.9 Å². The number of hydrogen-bond donors (Lipinski definition) is 0. The van der Waals surface area contributed by atoms with E-state index >= 15 is 0 Å². The van der Waals surface area contributed by atoms with E-state index in [9.17, 15) is 17.6 Å². The number of nitrogens with zero attached hydrogens (tertiary/aromatic N) is 2. The van der Waals surface area contributed by atoms with Gasteiger partial charge in [0.15, 0.2) is 0 Å². The fourth-order valence-electron chi connectivity index (χ4n) is 3.31. The smallest absolute Gasteiger partial charge is 0.243 e. The van der Waals surface area contributed by atoms with E-state index in [1.807, 2.05) is 17.5 Å². The van der Waals surface area contributed by atoms with E-state index in [0.717, 1.165) is 10.4 Å². The molecule has 1 heterocycles. The summed E-state index contributed by atoms with van der Waals surface area (Å²) in [5, 5.41) is 2.33. The molecular formula is C24H26ClFN2O4S2. The standard InChI is InChI=1S/C24H26ClFN2O4S2/c1-32-14-3-13-28(34(30,31)23-11-7-20(25)8-12-23)18-24(29)27(17-22-4-2-15-33-22)16-19-5-9-21(26)10-6-19/h2,4-12,15H,3,13-14,16-18H2,1H3. The van der Waals surface area contributed by atoms with Gasteiger partial charge in [-0.3, -0.25) is 4.79 Å². The molecule has 10 heteroatoms. The van der Waals surface area contributed by atoms with Gasteiger partial charge in [0, 0.05) is 36.7 Å². The quantitative estimate of drug-likeness (QED) is 0.319. The Morgan fingerprint density at radius 2 is 1.76 bits per heavy atom. The molecule has 2 aromatic carbocycles. The summed E-state index contributed by atoms with van der Waals surface area (Å²) in [6, 6.07) is 15.6. The largest absolute Gasteiger partial charge is 0.385 e. The maximum absolute atomic E-state index is 13.4. The third-order valence-corrected chi connectivity index (χ3v) is 8.06. The molecule has 34 heavy (non-hydrogen) atoms. The summed E-state index contributed by atoms with van der Waals surface area (Å²) in [4.78, 5) is 16.0. The van der Waals surface area contributed by atoms with Crippen LogP contribution in [-0.2, 0) is 32.6 Å². The predicted octanol–water partition coefficient (Wildman–Crippen LogP) is 4.80. The van der Waals surface area contributed by atoms with Gasteiger partial charge >= 0.3 is 0 Å². The van der Waals surface area contributed by atoms with Crippen molar-refractivity contribution in [3.05, 3.63) is 87.3 Å². The molecular weight excluding hydrogens is 499 g/mol. The molecule has 0 saturated carbocycles. The molecule has 6 nitrogen and oxygen atoms in total. The zero-order valence-electron chi connectivity index (χ0n) is 18.7. The van der Waals surface area contributed by atoms with E-state index in [0.29, 0.717) is 24.6 Å². The molecule has 0 aliphatic rings. The number of ether oxygens (including phenoxy) is 1. The number of amides is 1. The van der Waals surface area contributed by atoms with Gasteiger partial charge in [0.25, 0.3) is 0 Å². The number of hydrogen-bond acceptors (Lipinski definition) is 5. The topological polar surface area (TPSA) is 66.9 Å². The summed E-state index contributed by atoms with van der Waals surface area (Å²) >= 11 is 7.42. The SMILES string of the molecule is COCCCN(CC(=O)N(Cc1ccc(F)cc1)Cc1cccs1)S(=O)(=O)c1ccc(Cl)cc1. The minimum absolute atomic E-state index is 0.0606. The predicted molar refractivity (Wildman–Crippen MR) is 132 cm³/mol. The van der Waals surface area contributed by atoms with Gasteiger partial charge in [0.05, 0.1) is 18.0 Å². The van der Waals surface area contributed by atoms with Gasteiger partial charge in [-0.15, -0.1) is 11.3 Å². The van der Waals surface area contributed by atoms with E-state index in [1.54, 1.807) is 17.0 Å². The average molecular weight is 525 g/mol. The van der Waals surface area contributed by atoms with Gasteiger partial charge in [0.1, 0.15) is 5.82 Å². The lowest BCUT2D eigenvalue weighted by Crippen LogP contribution is -2.43. The third-order valence-electron chi connectivity index (χ3n) is 5.09. The van der Waals surface area contributed by atoms with Gasteiger partial charge in [-0.1, -0.05) is 29.8 Å². The lowest BCUT2D eigenvalue weighted by atomic mass is 10.2. The summed E-state index contributed by atoms with van der Waals surface area (Å²) in [6.45, 7) is 0.690. The molecule has 0 saturated heterocycles.